The van der Waals surface area contributed by atoms with E-state index in [2.05, 4.69) is 34.3 Å². The Bertz CT molecular complexity index is 994. The van der Waals surface area contributed by atoms with E-state index in [1.807, 2.05) is 24.5 Å². The van der Waals surface area contributed by atoms with Crippen molar-refractivity contribution in [2.75, 3.05) is 29.6 Å². The molecule has 1 amide bonds. The van der Waals surface area contributed by atoms with Crippen molar-refractivity contribution in [3.63, 3.8) is 0 Å². The van der Waals surface area contributed by atoms with Crippen LogP contribution in [-0.2, 0) is 6.42 Å². The highest BCUT2D eigenvalue weighted by Crippen LogP contribution is 2.34. The SMILES string of the molecule is CCCCc1ccc(NC(=O)c2cc3c(N4CCCC4)nc(SC)nc3s2)cc1. The summed E-state index contributed by atoms with van der Waals surface area (Å²) in [6.07, 6.45) is 7.81. The minimum atomic E-state index is -0.0904. The summed E-state index contributed by atoms with van der Waals surface area (Å²) in [5.74, 6) is 0.875. The number of aromatic nitrogens is 2. The van der Waals surface area contributed by atoms with Gasteiger partial charge in [-0.3, -0.25) is 4.79 Å². The highest BCUT2D eigenvalue weighted by Gasteiger charge is 2.21. The van der Waals surface area contributed by atoms with Crippen LogP contribution in [0.25, 0.3) is 10.2 Å². The number of nitrogens with zero attached hydrogens (tertiary/aromatic N) is 3. The van der Waals surface area contributed by atoms with Crippen LogP contribution in [0.5, 0.6) is 0 Å². The van der Waals surface area contributed by atoms with Crippen LogP contribution >= 0.6 is 23.1 Å². The molecule has 2 aromatic heterocycles. The Labute approximate surface area is 179 Å². The van der Waals surface area contributed by atoms with Crippen molar-refractivity contribution in [2.45, 2.75) is 44.2 Å². The van der Waals surface area contributed by atoms with Gasteiger partial charge in [-0.2, -0.15) is 0 Å². The van der Waals surface area contributed by atoms with Crippen molar-refractivity contribution in [3.05, 3.63) is 40.8 Å². The van der Waals surface area contributed by atoms with Gasteiger partial charge in [-0.25, -0.2) is 9.97 Å². The molecule has 1 fully saturated rings. The molecule has 1 aliphatic heterocycles. The summed E-state index contributed by atoms with van der Waals surface area (Å²) >= 11 is 2.98. The van der Waals surface area contributed by atoms with Gasteiger partial charge in [0.25, 0.3) is 5.91 Å². The van der Waals surface area contributed by atoms with E-state index >= 15 is 0 Å². The van der Waals surface area contributed by atoms with E-state index < -0.39 is 0 Å². The standard InChI is InChI=1S/C22H26N4OS2/c1-3-4-7-15-8-10-16(11-9-15)23-20(27)18-14-17-19(26-12-5-6-13-26)24-22(28-2)25-21(17)29-18/h8-11,14H,3-7,12-13H2,1-2H3,(H,23,27). The Morgan fingerprint density at radius 2 is 1.97 bits per heavy atom. The Kier molecular flexibility index (Phi) is 6.35. The number of carbonyl (C=O) groups excluding carboxylic acids is 1. The quantitative estimate of drug-likeness (QED) is 0.393. The fraction of sp³-hybridized carbons (Fsp3) is 0.409. The van der Waals surface area contributed by atoms with Crippen LogP contribution in [0.1, 0.15) is 47.8 Å². The number of rotatable bonds is 7. The average molecular weight is 427 g/mol. The third-order valence-corrected chi connectivity index (χ3v) is 6.77. The lowest BCUT2D eigenvalue weighted by atomic mass is 10.1. The number of hydrogen-bond donors (Lipinski definition) is 1. The zero-order valence-electron chi connectivity index (χ0n) is 16.9. The van der Waals surface area contributed by atoms with Crippen molar-refractivity contribution in [3.8, 4) is 0 Å². The lowest BCUT2D eigenvalue weighted by Crippen LogP contribution is -2.19. The van der Waals surface area contributed by atoms with Gasteiger partial charge >= 0.3 is 0 Å². The maximum atomic E-state index is 12.9. The number of anilines is 2. The van der Waals surface area contributed by atoms with Gasteiger partial charge in [-0.1, -0.05) is 37.2 Å². The number of hydrogen-bond acceptors (Lipinski definition) is 6. The molecule has 0 saturated carbocycles. The number of nitrogens with one attached hydrogen (secondary N) is 1. The van der Waals surface area contributed by atoms with Crippen molar-refractivity contribution in [1.82, 2.24) is 9.97 Å². The molecule has 1 N–H and O–H groups in total. The molecule has 0 bridgehead atoms. The molecule has 152 valence electrons. The van der Waals surface area contributed by atoms with E-state index in [4.69, 9.17) is 4.98 Å². The van der Waals surface area contributed by atoms with Gasteiger partial charge in [-0.05, 0) is 55.7 Å². The van der Waals surface area contributed by atoms with E-state index in [-0.39, 0.29) is 5.91 Å². The maximum absolute atomic E-state index is 12.9. The van der Waals surface area contributed by atoms with E-state index in [1.165, 1.54) is 42.6 Å². The molecule has 1 saturated heterocycles. The van der Waals surface area contributed by atoms with Crippen molar-refractivity contribution < 1.29 is 4.79 Å². The van der Waals surface area contributed by atoms with Gasteiger partial charge in [0.1, 0.15) is 10.6 Å². The Hall–Kier alpha value is -2.12. The second kappa shape index (κ2) is 9.13. The van der Waals surface area contributed by atoms with Gasteiger partial charge in [0.15, 0.2) is 5.16 Å². The van der Waals surface area contributed by atoms with Gasteiger partial charge < -0.3 is 10.2 Å². The largest absolute Gasteiger partial charge is 0.356 e. The topological polar surface area (TPSA) is 58.1 Å². The number of aryl methyl sites for hydroxylation is 1. The van der Waals surface area contributed by atoms with E-state index in [1.54, 1.807) is 11.8 Å². The molecule has 7 heteroatoms. The van der Waals surface area contributed by atoms with Gasteiger partial charge in [-0.15, -0.1) is 11.3 Å². The normalized spacial score (nSPS) is 13.9. The molecule has 3 aromatic rings. The Morgan fingerprint density at radius 3 is 2.66 bits per heavy atom. The number of thioether (sulfide) groups is 1. The first-order chi connectivity index (χ1) is 14.2. The highest BCUT2D eigenvalue weighted by atomic mass is 32.2. The molecule has 0 unspecified atom stereocenters. The molecule has 1 aliphatic rings. The van der Waals surface area contributed by atoms with Crippen molar-refractivity contribution in [1.29, 1.82) is 0 Å². The zero-order valence-corrected chi connectivity index (χ0v) is 18.5. The predicted molar refractivity (Wildman–Crippen MR) is 124 cm³/mol. The van der Waals surface area contributed by atoms with Crippen LogP contribution in [0.3, 0.4) is 0 Å². The minimum absolute atomic E-state index is 0.0904. The predicted octanol–water partition coefficient (Wildman–Crippen LogP) is 5.61. The Morgan fingerprint density at radius 1 is 1.21 bits per heavy atom. The Balaban J connectivity index is 1.57. The molecular formula is C22H26N4OS2. The van der Waals surface area contributed by atoms with Crippen molar-refractivity contribution >= 4 is 50.7 Å². The number of benzene rings is 1. The summed E-state index contributed by atoms with van der Waals surface area (Å²) in [5, 5.41) is 4.77. The van der Waals surface area contributed by atoms with Gasteiger partial charge in [0.05, 0.1) is 10.3 Å². The van der Waals surface area contributed by atoms with E-state index in [0.29, 0.717) is 4.88 Å². The summed E-state index contributed by atoms with van der Waals surface area (Å²) < 4.78 is 0. The van der Waals surface area contributed by atoms with Crippen LogP contribution in [-0.4, -0.2) is 35.2 Å². The maximum Gasteiger partial charge on any atom is 0.265 e. The molecule has 0 spiro atoms. The third-order valence-electron chi connectivity index (χ3n) is 5.19. The second-order valence-electron chi connectivity index (χ2n) is 7.31. The fourth-order valence-electron chi connectivity index (χ4n) is 3.59. The number of thiophene rings is 1. The average Bonchev–Trinajstić information content (AvgIpc) is 3.42. The second-order valence-corrected chi connectivity index (χ2v) is 9.12. The molecule has 0 radical (unpaired) electrons. The first kappa shape index (κ1) is 20.2. The first-order valence-electron chi connectivity index (χ1n) is 10.2. The summed E-state index contributed by atoms with van der Waals surface area (Å²) in [7, 11) is 0. The lowest BCUT2D eigenvalue weighted by molar-refractivity contribution is 0.103. The molecule has 3 heterocycles. The first-order valence-corrected chi connectivity index (χ1v) is 12.2. The van der Waals surface area contributed by atoms with Crippen molar-refractivity contribution in [2.24, 2.45) is 0 Å². The monoisotopic (exact) mass is 426 g/mol. The molecular weight excluding hydrogens is 400 g/mol. The van der Waals surface area contributed by atoms with Gasteiger partial charge in [0, 0.05) is 18.8 Å². The molecule has 0 aliphatic carbocycles. The third kappa shape index (κ3) is 4.56. The van der Waals surface area contributed by atoms with Crippen LogP contribution in [0.2, 0.25) is 0 Å². The number of amides is 1. The minimum Gasteiger partial charge on any atom is -0.356 e. The molecule has 1 aromatic carbocycles. The summed E-state index contributed by atoms with van der Waals surface area (Å²) in [6, 6.07) is 10.1. The molecule has 29 heavy (non-hydrogen) atoms. The van der Waals surface area contributed by atoms with Gasteiger partial charge in [0.2, 0.25) is 0 Å². The number of unbranched alkanes of at least 4 members (excludes halogenated alkanes) is 1. The smallest absolute Gasteiger partial charge is 0.265 e. The summed E-state index contributed by atoms with van der Waals surface area (Å²) in [5.41, 5.74) is 2.13. The summed E-state index contributed by atoms with van der Waals surface area (Å²) in [6.45, 7) is 4.23. The van der Waals surface area contributed by atoms with Crippen LogP contribution in [0.15, 0.2) is 35.5 Å². The van der Waals surface area contributed by atoms with Crippen LogP contribution in [0, 0.1) is 0 Å². The molecule has 4 rings (SSSR count). The van der Waals surface area contributed by atoms with Crippen LogP contribution < -0.4 is 10.2 Å². The number of carbonyl (C=O) groups is 1. The van der Waals surface area contributed by atoms with Crippen LogP contribution in [0.4, 0.5) is 11.5 Å². The number of fused-ring (bicyclic) bond motifs is 1. The molecule has 5 nitrogen and oxygen atoms in total. The summed E-state index contributed by atoms with van der Waals surface area (Å²) in [4.78, 5) is 26.1. The zero-order chi connectivity index (χ0) is 20.2. The van der Waals surface area contributed by atoms with E-state index in [0.717, 1.165) is 46.4 Å². The van der Waals surface area contributed by atoms with E-state index in [9.17, 15) is 4.79 Å². The fourth-order valence-corrected chi connectivity index (χ4v) is 4.93. The highest BCUT2D eigenvalue weighted by molar-refractivity contribution is 7.98. The molecule has 0 atom stereocenters. The lowest BCUT2D eigenvalue weighted by Gasteiger charge is -2.17.